The van der Waals surface area contributed by atoms with Gasteiger partial charge in [-0.3, -0.25) is 14.3 Å². The van der Waals surface area contributed by atoms with Crippen molar-refractivity contribution in [3.05, 3.63) is 75.7 Å². The van der Waals surface area contributed by atoms with Crippen molar-refractivity contribution in [1.82, 2.24) is 30.0 Å². The van der Waals surface area contributed by atoms with Crippen LogP contribution in [0.25, 0.3) is 22.5 Å². The maximum Gasteiger partial charge on any atom is 0.308 e. The van der Waals surface area contributed by atoms with Crippen LogP contribution in [0.5, 0.6) is 0 Å². The molecule has 2 aliphatic rings. The number of fused-ring (bicyclic) bond motifs is 1. The van der Waals surface area contributed by atoms with E-state index in [-0.39, 0.29) is 23.5 Å². The summed E-state index contributed by atoms with van der Waals surface area (Å²) >= 11 is 0. The number of ether oxygens (including phenoxy) is 1. The van der Waals surface area contributed by atoms with Gasteiger partial charge in [-0.05, 0) is 79.7 Å². The molecule has 0 bridgehead atoms. The highest BCUT2D eigenvalue weighted by molar-refractivity contribution is 5.80. The van der Waals surface area contributed by atoms with Crippen LogP contribution in [0.3, 0.4) is 0 Å². The highest BCUT2D eigenvalue weighted by Gasteiger charge is 2.39. The number of hydrogen-bond acceptors (Lipinski definition) is 6. The van der Waals surface area contributed by atoms with E-state index in [2.05, 4.69) is 62.6 Å². The molecule has 3 atom stereocenters. The van der Waals surface area contributed by atoms with Crippen molar-refractivity contribution >= 4 is 5.97 Å². The molecule has 43 heavy (non-hydrogen) atoms. The number of nitrogens with one attached hydrogen (secondary N) is 1. The van der Waals surface area contributed by atoms with Crippen LogP contribution in [0.2, 0.25) is 0 Å². The van der Waals surface area contributed by atoms with Crippen LogP contribution in [0.4, 0.5) is 0 Å². The maximum atomic E-state index is 14.0. The van der Waals surface area contributed by atoms with Gasteiger partial charge in [0.05, 0.1) is 18.6 Å². The van der Waals surface area contributed by atoms with E-state index in [4.69, 9.17) is 4.74 Å². The molecular formula is C34H42N6O3. The standard InChI is InChI=1S/C34H42N6O3/c1-3-5-6-12-31-29(21-23-14-16-24(17-15-23)27-10-7-8-11-28(27)32-35-37-38-36-32)33(41)39-20-9-13-30(40(31)39)25-18-19-26(22-25)34(42)43-4-2/h7-8,10-11,14-17,25-26,30H,3-6,9,12-13,18-22H2,1-2H3,(H,35,36,37,38). The summed E-state index contributed by atoms with van der Waals surface area (Å²) in [6.45, 7) is 5.28. The van der Waals surface area contributed by atoms with Gasteiger partial charge >= 0.3 is 5.97 Å². The summed E-state index contributed by atoms with van der Waals surface area (Å²) in [7, 11) is 0. The van der Waals surface area contributed by atoms with E-state index in [1.165, 1.54) is 5.69 Å². The molecule has 1 fully saturated rings. The highest BCUT2D eigenvalue weighted by atomic mass is 16.5. The summed E-state index contributed by atoms with van der Waals surface area (Å²) in [5.74, 6) is 0.880. The van der Waals surface area contributed by atoms with Gasteiger partial charge in [-0.1, -0.05) is 68.3 Å². The molecule has 1 saturated carbocycles. The first kappa shape index (κ1) is 29.1. The van der Waals surface area contributed by atoms with Gasteiger partial charge in [0.15, 0.2) is 0 Å². The number of carbonyl (C=O) groups is 1. The number of nitrogens with zero attached hydrogens (tertiary/aromatic N) is 5. The number of tetrazole rings is 1. The zero-order valence-electron chi connectivity index (χ0n) is 25.3. The number of aromatic nitrogens is 6. The molecule has 9 nitrogen and oxygen atoms in total. The Morgan fingerprint density at radius 2 is 1.84 bits per heavy atom. The SMILES string of the molecule is CCCCCc1c(Cc2ccc(-c3ccccc3-c3nn[nH]n3)cc2)c(=O)n2n1C(C1CCC(C(=O)OCC)C1)CCC2. The Hall–Kier alpha value is -4.01. The lowest BCUT2D eigenvalue weighted by Gasteiger charge is -2.33. The predicted molar refractivity (Wildman–Crippen MR) is 166 cm³/mol. The zero-order valence-corrected chi connectivity index (χ0v) is 25.3. The van der Waals surface area contributed by atoms with E-state index >= 15 is 0 Å². The summed E-state index contributed by atoms with van der Waals surface area (Å²) in [6.07, 6.45) is 9.68. The third kappa shape index (κ3) is 5.94. The quantitative estimate of drug-likeness (QED) is 0.168. The minimum Gasteiger partial charge on any atom is -0.466 e. The van der Waals surface area contributed by atoms with Crippen molar-refractivity contribution in [3.63, 3.8) is 0 Å². The molecule has 1 N–H and O–H groups in total. The lowest BCUT2D eigenvalue weighted by Crippen LogP contribution is -2.34. The van der Waals surface area contributed by atoms with E-state index in [9.17, 15) is 9.59 Å². The maximum absolute atomic E-state index is 14.0. The Balaban J connectivity index is 1.29. The topological polar surface area (TPSA) is 108 Å². The van der Waals surface area contributed by atoms with Crippen LogP contribution in [-0.2, 0) is 28.9 Å². The van der Waals surface area contributed by atoms with Crippen molar-refractivity contribution in [1.29, 1.82) is 0 Å². The molecular weight excluding hydrogens is 540 g/mol. The minimum absolute atomic E-state index is 0.0191. The number of carbonyl (C=O) groups excluding carboxylic acids is 1. The number of hydrogen-bond donors (Lipinski definition) is 1. The molecule has 9 heteroatoms. The third-order valence-electron chi connectivity index (χ3n) is 9.38. The van der Waals surface area contributed by atoms with Crippen molar-refractivity contribution in [3.8, 4) is 22.5 Å². The van der Waals surface area contributed by atoms with Gasteiger partial charge in [0, 0.05) is 29.8 Å². The molecule has 0 radical (unpaired) electrons. The van der Waals surface area contributed by atoms with Gasteiger partial charge in [-0.15, -0.1) is 10.2 Å². The van der Waals surface area contributed by atoms with Crippen molar-refractivity contribution in [2.45, 2.75) is 90.6 Å². The smallest absolute Gasteiger partial charge is 0.308 e. The van der Waals surface area contributed by atoms with Gasteiger partial charge in [0.1, 0.15) is 0 Å². The average Bonchev–Trinajstić information content (AvgIpc) is 3.80. The Kier molecular flexibility index (Phi) is 8.86. The first-order valence-corrected chi connectivity index (χ1v) is 16.0. The molecule has 1 aliphatic carbocycles. The van der Waals surface area contributed by atoms with E-state index < -0.39 is 0 Å². The first-order valence-electron chi connectivity index (χ1n) is 16.0. The second kappa shape index (κ2) is 13.1. The molecule has 3 heterocycles. The van der Waals surface area contributed by atoms with E-state index in [0.29, 0.717) is 24.8 Å². The van der Waals surface area contributed by atoms with Crippen molar-refractivity contribution in [2.75, 3.05) is 6.61 Å². The molecule has 6 rings (SSSR count). The Morgan fingerprint density at radius 1 is 1.02 bits per heavy atom. The first-order chi connectivity index (χ1) is 21.1. The van der Waals surface area contributed by atoms with E-state index in [1.807, 2.05) is 29.8 Å². The van der Waals surface area contributed by atoms with Gasteiger partial charge < -0.3 is 4.74 Å². The summed E-state index contributed by atoms with van der Waals surface area (Å²) in [5, 5.41) is 14.6. The second-order valence-electron chi connectivity index (χ2n) is 12.0. The summed E-state index contributed by atoms with van der Waals surface area (Å²) in [5.41, 5.74) is 6.44. The monoisotopic (exact) mass is 582 g/mol. The van der Waals surface area contributed by atoms with Crippen LogP contribution in [0, 0.1) is 11.8 Å². The minimum atomic E-state index is -0.0575. The third-order valence-corrected chi connectivity index (χ3v) is 9.38. The predicted octanol–water partition coefficient (Wildman–Crippen LogP) is 6.13. The Morgan fingerprint density at radius 3 is 2.58 bits per heavy atom. The Labute approximate surface area is 252 Å². The number of H-pyrrole nitrogens is 1. The number of esters is 1. The highest BCUT2D eigenvalue weighted by Crippen LogP contribution is 2.43. The normalized spacial score (nSPS) is 19.8. The van der Waals surface area contributed by atoms with Crippen LogP contribution in [0.1, 0.15) is 88.1 Å². The molecule has 2 aromatic heterocycles. The molecule has 0 spiro atoms. The Bertz CT molecular complexity index is 1590. The lowest BCUT2D eigenvalue weighted by atomic mass is 9.91. The van der Waals surface area contributed by atoms with E-state index in [0.717, 1.165) is 92.1 Å². The number of unbranched alkanes of at least 4 members (excludes halogenated alkanes) is 2. The number of aromatic amines is 1. The summed E-state index contributed by atoms with van der Waals surface area (Å²) < 4.78 is 9.77. The van der Waals surface area contributed by atoms with Crippen LogP contribution >= 0.6 is 0 Å². The fourth-order valence-electron chi connectivity index (χ4n) is 7.30. The summed E-state index contributed by atoms with van der Waals surface area (Å²) in [6, 6.07) is 16.8. The fourth-order valence-corrected chi connectivity index (χ4v) is 7.30. The summed E-state index contributed by atoms with van der Waals surface area (Å²) in [4.78, 5) is 26.5. The second-order valence-corrected chi connectivity index (χ2v) is 12.0. The van der Waals surface area contributed by atoms with Crippen LogP contribution in [-0.4, -0.2) is 42.6 Å². The molecule has 0 amide bonds. The molecule has 3 unspecified atom stereocenters. The average molecular weight is 583 g/mol. The molecule has 2 aromatic carbocycles. The van der Waals surface area contributed by atoms with E-state index in [1.54, 1.807) is 0 Å². The lowest BCUT2D eigenvalue weighted by molar-refractivity contribution is -0.147. The fraction of sp³-hybridized carbons (Fsp3) is 0.500. The largest absolute Gasteiger partial charge is 0.466 e. The van der Waals surface area contributed by atoms with Crippen molar-refractivity contribution in [2.24, 2.45) is 11.8 Å². The molecule has 4 aromatic rings. The van der Waals surface area contributed by atoms with Gasteiger partial charge in [0.2, 0.25) is 5.82 Å². The van der Waals surface area contributed by atoms with Gasteiger partial charge in [-0.2, -0.15) is 5.21 Å². The molecule has 1 aliphatic heterocycles. The van der Waals surface area contributed by atoms with Gasteiger partial charge in [0.25, 0.3) is 5.56 Å². The molecule has 226 valence electrons. The zero-order chi connectivity index (χ0) is 29.8. The van der Waals surface area contributed by atoms with Crippen LogP contribution < -0.4 is 5.56 Å². The molecule has 0 saturated heterocycles. The number of benzene rings is 2. The number of rotatable bonds is 11. The van der Waals surface area contributed by atoms with Crippen molar-refractivity contribution < 1.29 is 9.53 Å². The van der Waals surface area contributed by atoms with Gasteiger partial charge in [-0.25, -0.2) is 4.68 Å². The van der Waals surface area contributed by atoms with Crippen LogP contribution in [0.15, 0.2) is 53.3 Å².